The predicted octanol–water partition coefficient (Wildman–Crippen LogP) is 1.94. The monoisotopic (exact) mass is 414 g/mol. The van der Waals surface area contributed by atoms with E-state index in [9.17, 15) is 9.59 Å². The van der Waals surface area contributed by atoms with Crippen molar-refractivity contribution in [1.82, 2.24) is 15.5 Å². The van der Waals surface area contributed by atoms with Crippen molar-refractivity contribution in [3.8, 4) is 0 Å². The van der Waals surface area contributed by atoms with Gasteiger partial charge in [0.15, 0.2) is 0 Å². The van der Waals surface area contributed by atoms with Crippen LogP contribution in [0.1, 0.15) is 5.56 Å². The average Bonchev–Trinajstić information content (AvgIpc) is 2.75. The summed E-state index contributed by atoms with van der Waals surface area (Å²) in [5, 5.41) is 6.12. The summed E-state index contributed by atoms with van der Waals surface area (Å²) in [6.45, 7) is 5.33. The number of hydrogen-bond acceptors (Lipinski definition) is 4. The predicted molar refractivity (Wildman–Crippen MR) is 116 cm³/mol. The van der Waals surface area contributed by atoms with Gasteiger partial charge in [0.1, 0.15) is 0 Å². The van der Waals surface area contributed by atoms with Crippen LogP contribution in [0.2, 0.25) is 5.02 Å². The van der Waals surface area contributed by atoms with Crippen LogP contribution < -0.4 is 15.5 Å². The van der Waals surface area contributed by atoms with Crippen LogP contribution >= 0.6 is 11.6 Å². The molecule has 2 amide bonds. The molecule has 2 N–H and O–H groups in total. The molecule has 0 spiro atoms. The number of halogens is 1. The maximum atomic E-state index is 11.9. The molecule has 1 heterocycles. The molecule has 3 rings (SSSR count). The Balaban J connectivity index is 1.29. The van der Waals surface area contributed by atoms with Crippen LogP contribution in [-0.4, -0.2) is 62.5 Å². The Morgan fingerprint density at radius 2 is 1.45 bits per heavy atom. The van der Waals surface area contributed by atoms with Crippen LogP contribution in [0.15, 0.2) is 54.6 Å². The number of nitrogens with zero attached hydrogens (tertiary/aromatic N) is 2. The Kier molecular flexibility index (Phi) is 7.90. The van der Waals surface area contributed by atoms with E-state index in [0.717, 1.165) is 43.3 Å². The number of anilines is 1. The van der Waals surface area contributed by atoms with E-state index in [1.54, 1.807) is 0 Å². The van der Waals surface area contributed by atoms with Gasteiger partial charge in [-0.05, 0) is 36.2 Å². The van der Waals surface area contributed by atoms with E-state index in [0.29, 0.717) is 19.5 Å². The maximum Gasteiger partial charge on any atom is 0.309 e. The molecule has 0 radical (unpaired) electrons. The molecule has 2 aromatic rings. The normalized spacial score (nSPS) is 14.4. The molecule has 0 saturated carbocycles. The first kappa shape index (κ1) is 21.1. The molecule has 0 unspecified atom stereocenters. The van der Waals surface area contributed by atoms with Crippen molar-refractivity contribution in [3.05, 3.63) is 65.2 Å². The van der Waals surface area contributed by atoms with Gasteiger partial charge in [-0.1, -0.05) is 41.9 Å². The number of benzene rings is 2. The molecule has 6 nitrogen and oxygen atoms in total. The van der Waals surface area contributed by atoms with E-state index in [1.165, 1.54) is 5.69 Å². The first-order chi connectivity index (χ1) is 14.1. The number of carbonyl (C=O) groups is 2. The standard InChI is InChI=1S/C22H27ClN4O2/c23-19-6-8-20(9-7-19)27-16-14-26(15-17-27)13-12-25-22(29)21(28)24-11-10-18-4-2-1-3-5-18/h1-9H,10-17H2,(H,24,28)(H,25,29). The van der Waals surface area contributed by atoms with Gasteiger partial charge in [0.25, 0.3) is 0 Å². The zero-order valence-corrected chi connectivity index (χ0v) is 17.2. The molecule has 1 fully saturated rings. The van der Waals surface area contributed by atoms with Gasteiger partial charge >= 0.3 is 11.8 Å². The lowest BCUT2D eigenvalue weighted by Crippen LogP contribution is -2.49. The van der Waals surface area contributed by atoms with Crippen LogP contribution in [0.4, 0.5) is 5.69 Å². The van der Waals surface area contributed by atoms with Gasteiger partial charge in [-0.15, -0.1) is 0 Å². The van der Waals surface area contributed by atoms with Crippen molar-refractivity contribution < 1.29 is 9.59 Å². The molecule has 1 saturated heterocycles. The minimum atomic E-state index is -0.575. The largest absolute Gasteiger partial charge is 0.369 e. The third kappa shape index (κ3) is 6.76. The van der Waals surface area contributed by atoms with E-state index >= 15 is 0 Å². The molecule has 0 aromatic heterocycles. The average molecular weight is 415 g/mol. The Morgan fingerprint density at radius 1 is 0.828 bits per heavy atom. The van der Waals surface area contributed by atoms with E-state index in [-0.39, 0.29) is 0 Å². The Bertz CT molecular complexity index is 790. The molecule has 29 heavy (non-hydrogen) atoms. The minimum absolute atomic E-state index is 0.447. The van der Waals surface area contributed by atoms with Gasteiger partial charge in [0.2, 0.25) is 0 Å². The molecule has 0 atom stereocenters. The fourth-order valence-electron chi connectivity index (χ4n) is 3.33. The van der Waals surface area contributed by atoms with Crippen molar-refractivity contribution in [2.24, 2.45) is 0 Å². The Morgan fingerprint density at radius 3 is 2.10 bits per heavy atom. The van der Waals surface area contributed by atoms with Gasteiger partial charge < -0.3 is 15.5 Å². The smallest absolute Gasteiger partial charge is 0.309 e. The number of rotatable bonds is 7. The lowest BCUT2D eigenvalue weighted by Gasteiger charge is -2.36. The highest BCUT2D eigenvalue weighted by Crippen LogP contribution is 2.19. The van der Waals surface area contributed by atoms with Gasteiger partial charge in [-0.3, -0.25) is 14.5 Å². The second-order valence-electron chi connectivity index (χ2n) is 7.05. The van der Waals surface area contributed by atoms with Crippen molar-refractivity contribution in [1.29, 1.82) is 0 Å². The van der Waals surface area contributed by atoms with Gasteiger partial charge in [-0.25, -0.2) is 0 Å². The fourth-order valence-corrected chi connectivity index (χ4v) is 3.46. The summed E-state index contributed by atoms with van der Waals surface area (Å²) in [5.74, 6) is -1.15. The molecular formula is C22H27ClN4O2. The molecule has 2 aromatic carbocycles. The summed E-state index contributed by atoms with van der Waals surface area (Å²) < 4.78 is 0. The quantitative estimate of drug-likeness (QED) is 0.679. The van der Waals surface area contributed by atoms with Crippen molar-refractivity contribution >= 4 is 29.1 Å². The van der Waals surface area contributed by atoms with Crippen LogP contribution in [-0.2, 0) is 16.0 Å². The summed E-state index contributed by atoms with van der Waals surface area (Å²) in [7, 11) is 0. The lowest BCUT2D eigenvalue weighted by atomic mass is 10.1. The maximum absolute atomic E-state index is 11.9. The van der Waals surface area contributed by atoms with Crippen LogP contribution in [0.3, 0.4) is 0 Å². The summed E-state index contributed by atoms with van der Waals surface area (Å²) in [6, 6.07) is 17.7. The Labute approximate surface area is 176 Å². The third-order valence-electron chi connectivity index (χ3n) is 5.03. The topological polar surface area (TPSA) is 64.7 Å². The molecule has 0 bridgehead atoms. The highest BCUT2D eigenvalue weighted by molar-refractivity contribution is 6.35. The molecule has 0 aliphatic carbocycles. The second-order valence-corrected chi connectivity index (χ2v) is 7.49. The summed E-state index contributed by atoms with van der Waals surface area (Å²) in [4.78, 5) is 28.4. The van der Waals surface area contributed by atoms with Crippen molar-refractivity contribution in [3.63, 3.8) is 0 Å². The molecule has 7 heteroatoms. The number of hydrogen-bond donors (Lipinski definition) is 2. The number of piperazine rings is 1. The SMILES string of the molecule is O=C(NCCc1ccccc1)C(=O)NCCN1CCN(c2ccc(Cl)cc2)CC1. The van der Waals surface area contributed by atoms with Gasteiger partial charge in [0.05, 0.1) is 0 Å². The molecule has 154 valence electrons. The lowest BCUT2D eigenvalue weighted by molar-refractivity contribution is -0.139. The first-order valence-electron chi connectivity index (χ1n) is 9.94. The molecular weight excluding hydrogens is 388 g/mol. The van der Waals surface area contributed by atoms with Crippen molar-refractivity contribution in [2.75, 3.05) is 50.7 Å². The zero-order valence-electron chi connectivity index (χ0n) is 16.4. The number of amides is 2. The summed E-state index contributed by atoms with van der Waals surface area (Å²) in [5.41, 5.74) is 2.31. The van der Waals surface area contributed by atoms with E-state index in [4.69, 9.17) is 11.6 Å². The molecule has 1 aliphatic rings. The molecule has 1 aliphatic heterocycles. The zero-order chi connectivity index (χ0) is 20.5. The number of nitrogens with one attached hydrogen (secondary N) is 2. The van der Waals surface area contributed by atoms with E-state index < -0.39 is 11.8 Å². The van der Waals surface area contributed by atoms with E-state index in [2.05, 4.69) is 20.4 Å². The fraction of sp³-hybridized carbons (Fsp3) is 0.364. The summed E-state index contributed by atoms with van der Waals surface area (Å²) >= 11 is 5.95. The second kappa shape index (κ2) is 10.8. The third-order valence-corrected chi connectivity index (χ3v) is 5.28. The van der Waals surface area contributed by atoms with E-state index in [1.807, 2.05) is 54.6 Å². The van der Waals surface area contributed by atoms with Crippen LogP contribution in [0.5, 0.6) is 0 Å². The van der Waals surface area contributed by atoms with Crippen molar-refractivity contribution in [2.45, 2.75) is 6.42 Å². The first-order valence-corrected chi connectivity index (χ1v) is 10.3. The van der Waals surface area contributed by atoms with Gasteiger partial charge in [0, 0.05) is 56.5 Å². The van der Waals surface area contributed by atoms with Crippen LogP contribution in [0.25, 0.3) is 0 Å². The number of carbonyl (C=O) groups excluding carboxylic acids is 2. The highest BCUT2D eigenvalue weighted by Gasteiger charge is 2.18. The van der Waals surface area contributed by atoms with Gasteiger partial charge in [-0.2, -0.15) is 0 Å². The minimum Gasteiger partial charge on any atom is -0.369 e. The highest BCUT2D eigenvalue weighted by atomic mass is 35.5. The Hall–Kier alpha value is -2.57. The van der Waals surface area contributed by atoms with Crippen LogP contribution in [0, 0.1) is 0 Å². The summed E-state index contributed by atoms with van der Waals surface area (Å²) in [6.07, 6.45) is 0.706.